The van der Waals surface area contributed by atoms with E-state index in [2.05, 4.69) is 32.5 Å². The van der Waals surface area contributed by atoms with Crippen molar-refractivity contribution in [3.8, 4) is 11.1 Å². The van der Waals surface area contributed by atoms with Gasteiger partial charge in [-0.3, -0.25) is 4.98 Å². The summed E-state index contributed by atoms with van der Waals surface area (Å²) in [6.45, 7) is 0.877. The molecule has 0 bridgehead atoms. The van der Waals surface area contributed by atoms with Gasteiger partial charge < -0.3 is 4.57 Å². The van der Waals surface area contributed by atoms with Crippen LogP contribution >= 0.6 is 0 Å². The second-order valence-corrected chi connectivity index (χ2v) is 9.78. The normalized spacial score (nSPS) is 12.0. The highest BCUT2D eigenvalue weighted by Gasteiger charge is 2.14. The average molecular weight is 453 g/mol. The molecule has 0 aliphatic carbocycles. The Morgan fingerprint density at radius 3 is 2.41 bits per heavy atom. The van der Waals surface area contributed by atoms with Gasteiger partial charge in [-0.2, -0.15) is 12.7 Å². The van der Waals surface area contributed by atoms with Crippen LogP contribution in [0.2, 0.25) is 0 Å². The van der Waals surface area contributed by atoms with Gasteiger partial charge in [0.05, 0.1) is 0 Å². The Bertz CT molecular complexity index is 1320. The van der Waals surface area contributed by atoms with Gasteiger partial charge in [-0.1, -0.05) is 24.3 Å². The van der Waals surface area contributed by atoms with Gasteiger partial charge in [-0.05, 0) is 59.0 Å². The molecule has 6 nitrogen and oxygen atoms in total. The van der Waals surface area contributed by atoms with E-state index in [1.165, 1.54) is 26.2 Å². The second kappa shape index (κ2) is 9.20. The molecule has 0 radical (unpaired) electrons. The fourth-order valence-corrected chi connectivity index (χ4v) is 4.27. The number of fused-ring (bicyclic) bond motifs is 1. The molecule has 2 aromatic heterocycles. The Labute approximate surface area is 187 Å². The molecule has 8 heteroatoms. The molecule has 0 aliphatic heterocycles. The first-order chi connectivity index (χ1) is 15.3. The Morgan fingerprint density at radius 1 is 1.00 bits per heavy atom. The highest BCUT2D eigenvalue weighted by molar-refractivity contribution is 7.87. The number of aromatic nitrogens is 2. The van der Waals surface area contributed by atoms with Crippen LogP contribution in [0.25, 0.3) is 22.0 Å². The summed E-state index contributed by atoms with van der Waals surface area (Å²) in [6.07, 6.45) is 6.13. The van der Waals surface area contributed by atoms with Crippen molar-refractivity contribution in [3.05, 3.63) is 90.1 Å². The number of rotatable bonds is 8. The van der Waals surface area contributed by atoms with Gasteiger partial charge in [-0.25, -0.2) is 9.11 Å². The van der Waals surface area contributed by atoms with E-state index in [9.17, 15) is 12.8 Å². The van der Waals surface area contributed by atoms with Crippen LogP contribution in [0.5, 0.6) is 0 Å². The molecule has 4 rings (SSSR count). The maximum atomic E-state index is 13.3. The first kappa shape index (κ1) is 22.1. The van der Waals surface area contributed by atoms with Crippen molar-refractivity contribution in [3.63, 3.8) is 0 Å². The lowest BCUT2D eigenvalue weighted by Crippen LogP contribution is -2.36. The van der Waals surface area contributed by atoms with Crippen molar-refractivity contribution in [2.24, 2.45) is 0 Å². The molecular weight excluding hydrogens is 427 g/mol. The molecule has 32 heavy (non-hydrogen) atoms. The van der Waals surface area contributed by atoms with Crippen molar-refractivity contribution < 1.29 is 12.8 Å². The number of hydrogen-bond donors (Lipinski definition) is 1. The largest absolute Gasteiger partial charge is 0.343 e. The summed E-state index contributed by atoms with van der Waals surface area (Å²) in [5.41, 5.74) is 5.20. The van der Waals surface area contributed by atoms with Crippen LogP contribution in [0.4, 0.5) is 4.39 Å². The summed E-state index contributed by atoms with van der Waals surface area (Å²) >= 11 is 0. The van der Waals surface area contributed by atoms with Crippen molar-refractivity contribution in [2.75, 3.05) is 20.6 Å². The van der Waals surface area contributed by atoms with Crippen LogP contribution in [0.3, 0.4) is 0 Å². The van der Waals surface area contributed by atoms with Gasteiger partial charge in [0.1, 0.15) is 5.82 Å². The number of hydrogen-bond acceptors (Lipinski definition) is 3. The molecular formula is C24H25FN4O2S. The van der Waals surface area contributed by atoms with Crippen molar-refractivity contribution in [1.29, 1.82) is 0 Å². The Kier molecular flexibility index (Phi) is 6.36. The Balaban J connectivity index is 1.69. The number of benzene rings is 2. The van der Waals surface area contributed by atoms with E-state index in [1.807, 2.05) is 18.3 Å². The van der Waals surface area contributed by atoms with Crippen molar-refractivity contribution in [1.82, 2.24) is 18.6 Å². The summed E-state index contributed by atoms with van der Waals surface area (Å²) in [5.74, 6) is -0.264. The minimum atomic E-state index is -3.48. The van der Waals surface area contributed by atoms with Crippen LogP contribution in [0.1, 0.15) is 11.1 Å². The third-order valence-corrected chi connectivity index (χ3v) is 6.93. The highest BCUT2D eigenvalue weighted by atomic mass is 32.2. The molecule has 1 N–H and O–H groups in total. The van der Waals surface area contributed by atoms with E-state index >= 15 is 0 Å². The smallest absolute Gasteiger partial charge is 0.278 e. The molecule has 4 aromatic rings. The predicted octanol–water partition coefficient (Wildman–Crippen LogP) is 3.83. The van der Waals surface area contributed by atoms with E-state index in [4.69, 9.17) is 0 Å². The van der Waals surface area contributed by atoms with Gasteiger partial charge in [0.2, 0.25) is 0 Å². The van der Waals surface area contributed by atoms with Gasteiger partial charge in [0.15, 0.2) is 0 Å². The van der Waals surface area contributed by atoms with Crippen molar-refractivity contribution >= 4 is 21.1 Å². The van der Waals surface area contributed by atoms with Gasteiger partial charge >= 0.3 is 0 Å². The maximum absolute atomic E-state index is 13.3. The van der Waals surface area contributed by atoms with Gasteiger partial charge in [-0.15, -0.1) is 0 Å². The Hall–Kier alpha value is -3.07. The monoisotopic (exact) mass is 452 g/mol. The first-order valence-corrected chi connectivity index (χ1v) is 11.7. The lowest BCUT2D eigenvalue weighted by molar-refractivity contribution is 0.506. The van der Waals surface area contributed by atoms with E-state index in [0.29, 0.717) is 19.5 Å². The Morgan fingerprint density at radius 2 is 1.72 bits per heavy atom. The molecule has 166 valence electrons. The number of pyridine rings is 1. The lowest BCUT2D eigenvalue weighted by Gasteiger charge is -2.11. The molecule has 2 aromatic carbocycles. The van der Waals surface area contributed by atoms with Gasteiger partial charge in [0, 0.05) is 56.7 Å². The fourth-order valence-electron chi connectivity index (χ4n) is 3.65. The van der Waals surface area contributed by atoms with E-state index < -0.39 is 10.2 Å². The third-order valence-electron chi connectivity index (χ3n) is 5.40. The minimum Gasteiger partial charge on any atom is -0.343 e. The standard InChI is InChI=1S/C24H25FN4O2S/c1-28(2)32(30,31)27-14-11-21-17-29(16-18-3-6-22(25)7-4-18)24-15-20(5-8-23(21)24)19-9-12-26-13-10-19/h3-10,12-13,15,17,27H,11,14,16H2,1-2H3. The lowest BCUT2D eigenvalue weighted by atomic mass is 10.0. The second-order valence-electron chi connectivity index (χ2n) is 7.81. The third kappa shape index (κ3) is 4.88. The molecule has 0 fully saturated rings. The molecule has 0 spiro atoms. The minimum absolute atomic E-state index is 0.264. The predicted molar refractivity (Wildman–Crippen MR) is 125 cm³/mol. The number of nitrogens with zero attached hydrogens (tertiary/aromatic N) is 3. The SMILES string of the molecule is CN(C)S(=O)(=O)NCCc1cn(Cc2ccc(F)cc2)c2cc(-c3ccncc3)ccc12. The first-order valence-electron chi connectivity index (χ1n) is 10.3. The quantitative estimate of drug-likeness (QED) is 0.442. The molecule has 0 aliphatic rings. The highest BCUT2D eigenvalue weighted by Crippen LogP contribution is 2.28. The molecule has 0 atom stereocenters. The van der Waals surface area contributed by atoms with Crippen LogP contribution in [0.15, 0.2) is 73.2 Å². The fraction of sp³-hybridized carbons (Fsp3) is 0.208. The van der Waals surface area contributed by atoms with Crippen molar-refractivity contribution in [2.45, 2.75) is 13.0 Å². The van der Waals surface area contributed by atoms with Crippen LogP contribution in [-0.4, -0.2) is 42.9 Å². The summed E-state index contributed by atoms with van der Waals surface area (Å²) in [6, 6.07) is 16.7. The topological polar surface area (TPSA) is 67.2 Å². The summed E-state index contributed by atoms with van der Waals surface area (Å²) in [4.78, 5) is 4.09. The molecule has 0 amide bonds. The zero-order valence-electron chi connectivity index (χ0n) is 18.0. The van der Waals surface area contributed by atoms with E-state index in [1.54, 1.807) is 24.5 Å². The molecule has 0 unspecified atom stereocenters. The summed E-state index contributed by atoms with van der Waals surface area (Å²) in [5, 5.41) is 1.06. The average Bonchev–Trinajstić information content (AvgIpc) is 3.12. The maximum Gasteiger partial charge on any atom is 0.278 e. The molecule has 2 heterocycles. The summed E-state index contributed by atoms with van der Waals surface area (Å²) in [7, 11) is -0.480. The number of nitrogens with one attached hydrogen (secondary N) is 1. The molecule has 0 saturated carbocycles. The molecule has 0 saturated heterocycles. The van der Waals surface area contributed by atoms with E-state index in [0.717, 1.165) is 37.5 Å². The summed E-state index contributed by atoms with van der Waals surface area (Å²) < 4.78 is 43.3. The van der Waals surface area contributed by atoms with Gasteiger partial charge in [0.25, 0.3) is 10.2 Å². The van der Waals surface area contributed by atoms with Crippen LogP contribution in [0, 0.1) is 5.82 Å². The van der Waals surface area contributed by atoms with E-state index in [-0.39, 0.29) is 5.82 Å². The van der Waals surface area contributed by atoms with Crippen LogP contribution in [-0.2, 0) is 23.2 Å². The number of halogens is 1. The van der Waals surface area contributed by atoms with Crippen LogP contribution < -0.4 is 4.72 Å². The zero-order valence-corrected chi connectivity index (χ0v) is 18.8. The zero-order chi connectivity index (χ0) is 22.7.